The molecule has 0 saturated carbocycles. The second-order valence-corrected chi connectivity index (χ2v) is 5.07. The van der Waals surface area contributed by atoms with E-state index in [0.717, 1.165) is 12.1 Å². The van der Waals surface area contributed by atoms with Crippen molar-refractivity contribution in [1.29, 1.82) is 0 Å². The van der Waals surface area contributed by atoms with Gasteiger partial charge in [0.1, 0.15) is 5.60 Å². The molecule has 0 heterocycles. The molecule has 0 radical (unpaired) electrons. The summed E-state index contributed by atoms with van der Waals surface area (Å²) in [6.45, 7) is 5.23. The van der Waals surface area contributed by atoms with E-state index in [2.05, 4.69) is 0 Å². The minimum absolute atomic E-state index is 0.0810. The molecule has 0 fully saturated rings. The van der Waals surface area contributed by atoms with Crippen molar-refractivity contribution >= 4 is 5.97 Å². The van der Waals surface area contributed by atoms with E-state index in [9.17, 15) is 13.6 Å². The monoisotopic (exact) mass is 257 g/mol. The minimum atomic E-state index is -0.980. The van der Waals surface area contributed by atoms with Crippen LogP contribution in [-0.4, -0.2) is 11.6 Å². The molecule has 5 heteroatoms. The molecule has 3 nitrogen and oxygen atoms in total. The maximum absolute atomic E-state index is 13.0. The summed E-state index contributed by atoms with van der Waals surface area (Å²) in [5.74, 6) is -2.39. The van der Waals surface area contributed by atoms with Crippen LogP contribution in [0.2, 0.25) is 0 Å². The molecule has 2 N–H and O–H groups in total. The third-order valence-corrected chi connectivity index (χ3v) is 2.18. The van der Waals surface area contributed by atoms with Crippen LogP contribution in [0.25, 0.3) is 0 Å². The first-order chi connectivity index (χ1) is 8.19. The average Bonchev–Trinajstić information content (AvgIpc) is 2.18. The Bertz CT molecular complexity index is 441. The van der Waals surface area contributed by atoms with Gasteiger partial charge in [0, 0.05) is 6.04 Å². The number of hydrogen-bond donors (Lipinski definition) is 1. The van der Waals surface area contributed by atoms with Crippen molar-refractivity contribution in [2.45, 2.75) is 38.8 Å². The number of carbonyl (C=O) groups is 1. The van der Waals surface area contributed by atoms with Crippen molar-refractivity contribution < 1.29 is 18.3 Å². The van der Waals surface area contributed by atoms with Gasteiger partial charge in [0.05, 0.1) is 6.42 Å². The summed E-state index contributed by atoms with van der Waals surface area (Å²) in [5.41, 5.74) is 5.51. The molecular weight excluding hydrogens is 240 g/mol. The molecule has 0 bridgehead atoms. The zero-order valence-electron chi connectivity index (χ0n) is 10.7. The van der Waals surface area contributed by atoms with E-state index in [1.807, 2.05) is 0 Å². The second-order valence-electron chi connectivity index (χ2n) is 5.07. The van der Waals surface area contributed by atoms with Crippen molar-refractivity contribution in [2.75, 3.05) is 0 Å². The lowest BCUT2D eigenvalue weighted by atomic mass is 10.0. The summed E-state index contributed by atoms with van der Waals surface area (Å²) in [4.78, 5) is 11.5. The van der Waals surface area contributed by atoms with E-state index in [0.29, 0.717) is 5.56 Å². The Labute approximate surface area is 105 Å². The summed E-state index contributed by atoms with van der Waals surface area (Å²) < 4.78 is 30.8. The molecule has 0 aromatic heterocycles. The topological polar surface area (TPSA) is 52.3 Å². The SMILES string of the molecule is CC(C)(C)OC(=O)C[C@H](N)c1ccc(F)c(F)c1. The highest BCUT2D eigenvalue weighted by molar-refractivity contribution is 5.70. The van der Waals surface area contributed by atoms with E-state index >= 15 is 0 Å². The Morgan fingerprint density at radius 1 is 1.33 bits per heavy atom. The maximum atomic E-state index is 13.0. The number of halogens is 2. The zero-order chi connectivity index (χ0) is 13.9. The van der Waals surface area contributed by atoms with Crippen LogP contribution < -0.4 is 5.73 Å². The van der Waals surface area contributed by atoms with Crippen LogP contribution in [-0.2, 0) is 9.53 Å². The third kappa shape index (κ3) is 4.41. The fourth-order valence-corrected chi connectivity index (χ4v) is 1.42. The molecule has 0 aliphatic rings. The highest BCUT2D eigenvalue weighted by Crippen LogP contribution is 2.19. The molecule has 0 amide bonds. The summed E-state index contributed by atoms with van der Waals surface area (Å²) >= 11 is 0. The van der Waals surface area contributed by atoms with Crippen LogP contribution in [0.1, 0.15) is 38.8 Å². The molecule has 1 aromatic carbocycles. The number of hydrogen-bond acceptors (Lipinski definition) is 3. The van der Waals surface area contributed by atoms with Crippen LogP contribution in [0.3, 0.4) is 0 Å². The fourth-order valence-electron chi connectivity index (χ4n) is 1.42. The predicted octanol–water partition coefficient (Wildman–Crippen LogP) is 2.70. The standard InChI is InChI=1S/C13H17F2NO2/c1-13(2,3)18-12(17)7-11(16)8-4-5-9(14)10(15)6-8/h4-6,11H,7,16H2,1-3H3/t11-/m0/s1. The Balaban J connectivity index is 2.68. The van der Waals surface area contributed by atoms with E-state index < -0.39 is 29.2 Å². The molecule has 100 valence electrons. The van der Waals surface area contributed by atoms with Gasteiger partial charge in [-0.3, -0.25) is 4.79 Å². The average molecular weight is 257 g/mol. The first-order valence-electron chi connectivity index (χ1n) is 5.61. The van der Waals surface area contributed by atoms with Crippen LogP contribution >= 0.6 is 0 Å². The van der Waals surface area contributed by atoms with Crippen molar-refractivity contribution in [3.05, 3.63) is 35.4 Å². The quantitative estimate of drug-likeness (QED) is 0.847. The maximum Gasteiger partial charge on any atom is 0.308 e. The van der Waals surface area contributed by atoms with Crippen molar-refractivity contribution in [3.8, 4) is 0 Å². The van der Waals surface area contributed by atoms with Gasteiger partial charge in [-0.1, -0.05) is 6.07 Å². The first kappa shape index (κ1) is 14.6. The van der Waals surface area contributed by atoms with Crippen molar-refractivity contribution in [2.24, 2.45) is 5.73 Å². The molecule has 1 aromatic rings. The Morgan fingerprint density at radius 2 is 1.94 bits per heavy atom. The van der Waals surface area contributed by atoms with Crippen LogP contribution in [0.15, 0.2) is 18.2 Å². The molecule has 0 aliphatic heterocycles. The van der Waals surface area contributed by atoms with Crippen LogP contribution in [0.4, 0.5) is 8.78 Å². The number of nitrogens with two attached hydrogens (primary N) is 1. The number of rotatable bonds is 3. The highest BCUT2D eigenvalue weighted by atomic mass is 19.2. The third-order valence-electron chi connectivity index (χ3n) is 2.18. The summed E-state index contributed by atoms with van der Waals surface area (Å²) in [5, 5.41) is 0. The van der Waals surface area contributed by atoms with E-state index in [1.165, 1.54) is 6.07 Å². The number of benzene rings is 1. The normalized spacial score (nSPS) is 13.2. The highest BCUT2D eigenvalue weighted by Gasteiger charge is 2.20. The fraction of sp³-hybridized carbons (Fsp3) is 0.462. The van der Waals surface area contributed by atoms with Crippen LogP contribution in [0.5, 0.6) is 0 Å². The summed E-state index contributed by atoms with van der Waals surface area (Å²) in [7, 11) is 0. The van der Waals surface area contributed by atoms with Crippen LogP contribution in [0, 0.1) is 11.6 Å². The van der Waals surface area contributed by atoms with Gasteiger partial charge in [-0.15, -0.1) is 0 Å². The number of esters is 1. The zero-order valence-corrected chi connectivity index (χ0v) is 10.7. The van der Waals surface area contributed by atoms with Crippen molar-refractivity contribution in [3.63, 3.8) is 0 Å². The van der Waals surface area contributed by atoms with Gasteiger partial charge < -0.3 is 10.5 Å². The Hall–Kier alpha value is -1.49. The predicted molar refractivity (Wildman–Crippen MR) is 63.7 cm³/mol. The van der Waals surface area contributed by atoms with Gasteiger partial charge in [-0.25, -0.2) is 8.78 Å². The number of carbonyl (C=O) groups excluding carboxylic acids is 1. The lowest BCUT2D eigenvalue weighted by Crippen LogP contribution is -2.26. The van der Waals surface area contributed by atoms with E-state index in [-0.39, 0.29) is 6.42 Å². The largest absolute Gasteiger partial charge is 0.460 e. The van der Waals surface area contributed by atoms with E-state index in [1.54, 1.807) is 20.8 Å². The molecule has 0 unspecified atom stereocenters. The lowest BCUT2D eigenvalue weighted by molar-refractivity contribution is -0.155. The van der Waals surface area contributed by atoms with Gasteiger partial charge in [-0.05, 0) is 38.5 Å². The molecule has 18 heavy (non-hydrogen) atoms. The smallest absolute Gasteiger partial charge is 0.308 e. The Kier molecular flexibility index (Phi) is 4.40. The molecule has 0 saturated heterocycles. The Morgan fingerprint density at radius 3 is 2.44 bits per heavy atom. The van der Waals surface area contributed by atoms with Gasteiger partial charge in [0.2, 0.25) is 0 Å². The van der Waals surface area contributed by atoms with Gasteiger partial charge >= 0.3 is 5.97 Å². The van der Waals surface area contributed by atoms with E-state index in [4.69, 9.17) is 10.5 Å². The molecule has 1 rings (SSSR count). The summed E-state index contributed by atoms with van der Waals surface area (Å²) in [6.07, 6.45) is -0.0810. The lowest BCUT2D eigenvalue weighted by Gasteiger charge is -2.21. The summed E-state index contributed by atoms with van der Waals surface area (Å²) in [6, 6.07) is 2.62. The van der Waals surface area contributed by atoms with Gasteiger partial charge in [-0.2, -0.15) is 0 Å². The van der Waals surface area contributed by atoms with Crippen molar-refractivity contribution in [1.82, 2.24) is 0 Å². The van der Waals surface area contributed by atoms with Gasteiger partial charge in [0.25, 0.3) is 0 Å². The second kappa shape index (κ2) is 5.44. The molecule has 1 atom stereocenters. The molecule has 0 aliphatic carbocycles. The molecule has 0 spiro atoms. The minimum Gasteiger partial charge on any atom is -0.460 e. The molecular formula is C13H17F2NO2. The first-order valence-corrected chi connectivity index (χ1v) is 5.61. The van der Waals surface area contributed by atoms with Gasteiger partial charge in [0.15, 0.2) is 11.6 Å². The number of ether oxygens (including phenoxy) is 1.